The molecule has 0 saturated carbocycles. The molecular formula is C27H33N3O5. The molecule has 0 fully saturated rings. The summed E-state index contributed by atoms with van der Waals surface area (Å²) in [6.45, 7) is 9.73. The topological polar surface area (TPSA) is 113 Å². The van der Waals surface area contributed by atoms with E-state index in [4.69, 9.17) is 15.2 Å². The van der Waals surface area contributed by atoms with Crippen LogP contribution < -0.4 is 21.3 Å². The van der Waals surface area contributed by atoms with Crippen molar-refractivity contribution in [2.75, 3.05) is 6.61 Å². The third-order valence-electron chi connectivity index (χ3n) is 5.14. The third kappa shape index (κ3) is 6.62. The van der Waals surface area contributed by atoms with Crippen LogP contribution in [0.15, 0.2) is 53.3 Å². The summed E-state index contributed by atoms with van der Waals surface area (Å²) in [5, 5.41) is 3.98. The Kier molecular flexibility index (Phi) is 7.84. The summed E-state index contributed by atoms with van der Waals surface area (Å²) in [6.07, 6.45) is -0.571. The smallest absolute Gasteiger partial charge is 0.407 e. The monoisotopic (exact) mass is 479 g/mol. The van der Waals surface area contributed by atoms with Crippen molar-refractivity contribution in [3.8, 4) is 16.9 Å². The Balaban J connectivity index is 2.25. The van der Waals surface area contributed by atoms with Gasteiger partial charge in [-0.1, -0.05) is 44.2 Å². The van der Waals surface area contributed by atoms with Gasteiger partial charge in [-0.05, 0) is 50.5 Å². The number of ether oxygens (including phenoxy) is 2. The molecule has 3 N–H and O–H groups in total. The zero-order chi connectivity index (χ0) is 25.8. The highest BCUT2D eigenvalue weighted by Crippen LogP contribution is 2.33. The van der Waals surface area contributed by atoms with Crippen LogP contribution in [0.3, 0.4) is 0 Å². The van der Waals surface area contributed by atoms with Crippen LogP contribution in [-0.2, 0) is 22.6 Å². The molecule has 0 aliphatic heterocycles. The van der Waals surface area contributed by atoms with Crippen LogP contribution in [0.4, 0.5) is 4.79 Å². The highest BCUT2D eigenvalue weighted by Gasteiger charge is 2.22. The van der Waals surface area contributed by atoms with E-state index in [1.54, 1.807) is 43.5 Å². The van der Waals surface area contributed by atoms with Crippen molar-refractivity contribution < 1.29 is 19.1 Å². The predicted octanol–water partition coefficient (Wildman–Crippen LogP) is 4.21. The molecule has 0 saturated heterocycles. The Hall–Kier alpha value is -3.81. The van der Waals surface area contributed by atoms with Crippen LogP contribution in [-0.4, -0.2) is 28.8 Å². The highest BCUT2D eigenvalue weighted by molar-refractivity contribution is 5.98. The summed E-state index contributed by atoms with van der Waals surface area (Å²) in [5.41, 5.74) is 6.73. The molecule has 8 heteroatoms. The first kappa shape index (κ1) is 25.8. The van der Waals surface area contributed by atoms with Crippen LogP contribution in [0.1, 0.15) is 40.3 Å². The van der Waals surface area contributed by atoms with Gasteiger partial charge < -0.3 is 25.1 Å². The SMILES string of the molecule is CC(C)Cn1c(CNC(=O)OC(C)(C)C)c(-c2ccccc2)c2cc(OCC(N)=O)ccc2c1=O. The maximum absolute atomic E-state index is 13.6. The van der Waals surface area contributed by atoms with E-state index in [9.17, 15) is 14.4 Å². The molecule has 3 rings (SSSR count). The number of nitrogens with zero attached hydrogens (tertiary/aromatic N) is 1. The van der Waals surface area contributed by atoms with Gasteiger partial charge in [0.2, 0.25) is 0 Å². The quantitative estimate of drug-likeness (QED) is 0.502. The lowest BCUT2D eigenvalue weighted by molar-refractivity contribution is -0.119. The number of alkyl carbamates (subject to hydrolysis) is 1. The number of aromatic nitrogens is 1. The second kappa shape index (κ2) is 10.6. The fraction of sp³-hybridized carbons (Fsp3) is 0.370. The molecule has 1 aromatic heterocycles. The molecule has 1 heterocycles. The number of hydrogen-bond donors (Lipinski definition) is 2. The first-order chi connectivity index (χ1) is 16.5. The molecule has 3 aromatic rings. The number of amides is 2. The van der Waals surface area contributed by atoms with Crippen LogP contribution in [0.25, 0.3) is 21.9 Å². The van der Waals surface area contributed by atoms with E-state index in [1.807, 2.05) is 44.2 Å². The van der Waals surface area contributed by atoms with Crippen LogP contribution in [0, 0.1) is 5.92 Å². The summed E-state index contributed by atoms with van der Waals surface area (Å²) in [4.78, 5) is 37.3. The highest BCUT2D eigenvalue weighted by atomic mass is 16.6. The second-order valence-electron chi connectivity index (χ2n) is 9.82. The number of pyridine rings is 1. The summed E-state index contributed by atoms with van der Waals surface area (Å²) >= 11 is 0. The number of rotatable bonds is 8. The normalized spacial score (nSPS) is 11.5. The number of carbonyl (C=O) groups is 2. The predicted molar refractivity (Wildman–Crippen MR) is 136 cm³/mol. The molecule has 0 spiro atoms. The van der Waals surface area contributed by atoms with Gasteiger partial charge in [-0.3, -0.25) is 9.59 Å². The maximum atomic E-state index is 13.6. The lowest BCUT2D eigenvalue weighted by Crippen LogP contribution is -2.35. The lowest BCUT2D eigenvalue weighted by Gasteiger charge is -2.23. The van der Waals surface area contributed by atoms with E-state index in [0.29, 0.717) is 28.8 Å². The van der Waals surface area contributed by atoms with E-state index in [0.717, 1.165) is 11.1 Å². The lowest BCUT2D eigenvalue weighted by atomic mass is 9.96. The van der Waals surface area contributed by atoms with Crippen molar-refractivity contribution in [1.82, 2.24) is 9.88 Å². The Bertz CT molecular complexity index is 1270. The fourth-order valence-electron chi connectivity index (χ4n) is 3.86. The van der Waals surface area contributed by atoms with Gasteiger partial charge in [0.25, 0.3) is 11.5 Å². The van der Waals surface area contributed by atoms with Crippen molar-refractivity contribution in [1.29, 1.82) is 0 Å². The average molecular weight is 480 g/mol. The Morgan fingerprint density at radius 3 is 2.34 bits per heavy atom. The van der Waals surface area contributed by atoms with Crippen molar-refractivity contribution >= 4 is 22.8 Å². The second-order valence-corrected chi connectivity index (χ2v) is 9.82. The van der Waals surface area contributed by atoms with Crippen molar-refractivity contribution in [3.63, 3.8) is 0 Å². The van der Waals surface area contributed by atoms with Crippen LogP contribution in [0.2, 0.25) is 0 Å². The molecule has 0 unspecified atom stereocenters. The minimum Gasteiger partial charge on any atom is -0.484 e. The van der Waals surface area contributed by atoms with Crippen molar-refractivity contribution in [2.45, 2.75) is 53.3 Å². The van der Waals surface area contributed by atoms with Gasteiger partial charge in [-0.2, -0.15) is 0 Å². The minimum absolute atomic E-state index is 0.0867. The number of primary amides is 1. The zero-order valence-electron chi connectivity index (χ0n) is 20.9. The van der Waals surface area contributed by atoms with Crippen molar-refractivity contribution in [2.24, 2.45) is 11.7 Å². The largest absolute Gasteiger partial charge is 0.484 e. The van der Waals surface area contributed by atoms with E-state index in [2.05, 4.69) is 5.32 Å². The Labute approximate surface area is 205 Å². The molecule has 0 atom stereocenters. The Morgan fingerprint density at radius 2 is 1.74 bits per heavy atom. The molecule has 8 nitrogen and oxygen atoms in total. The van der Waals surface area contributed by atoms with Gasteiger partial charge in [0.1, 0.15) is 11.4 Å². The molecule has 0 radical (unpaired) electrons. The molecular weight excluding hydrogens is 446 g/mol. The summed E-state index contributed by atoms with van der Waals surface area (Å²) < 4.78 is 12.7. The number of carbonyl (C=O) groups excluding carboxylic acids is 2. The number of hydrogen-bond acceptors (Lipinski definition) is 5. The standard InChI is InChI=1S/C27H33N3O5/c1-17(2)15-30-22(14-29-26(33)35-27(3,4)5)24(18-9-7-6-8-10-18)21-13-19(34-16-23(28)31)11-12-20(21)25(30)32/h6-13,17H,14-16H2,1-5H3,(H2,28,31)(H,29,33). The van der Waals surface area contributed by atoms with Gasteiger partial charge in [-0.25, -0.2) is 4.79 Å². The third-order valence-corrected chi connectivity index (χ3v) is 5.14. The summed E-state index contributed by atoms with van der Waals surface area (Å²) in [7, 11) is 0. The van der Waals surface area contributed by atoms with E-state index in [-0.39, 0.29) is 24.6 Å². The van der Waals surface area contributed by atoms with Crippen LogP contribution in [0.5, 0.6) is 5.75 Å². The van der Waals surface area contributed by atoms with Crippen molar-refractivity contribution in [3.05, 3.63) is 64.6 Å². The van der Waals surface area contributed by atoms with Gasteiger partial charge in [0.05, 0.1) is 6.54 Å². The minimum atomic E-state index is -0.653. The van der Waals surface area contributed by atoms with E-state index < -0.39 is 17.6 Å². The number of fused-ring (bicyclic) bond motifs is 1. The molecule has 186 valence electrons. The molecule has 0 bridgehead atoms. The molecule has 0 aliphatic rings. The van der Waals surface area contributed by atoms with Gasteiger partial charge in [0, 0.05) is 28.6 Å². The number of nitrogens with two attached hydrogens (primary N) is 1. The van der Waals surface area contributed by atoms with Gasteiger partial charge in [-0.15, -0.1) is 0 Å². The van der Waals surface area contributed by atoms with Gasteiger partial charge >= 0.3 is 6.09 Å². The summed E-state index contributed by atoms with van der Waals surface area (Å²) in [6, 6.07) is 14.7. The van der Waals surface area contributed by atoms with E-state index in [1.165, 1.54) is 0 Å². The van der Waals surface area contributed by atoms with Gasteiger partial charge in [0.15, 0.2) is 6.61 Å². The average Bonchev–Trinajstić information content (AvgIpc) is 2.77. The molecule has 35 heavy (non-hydrogen) atoms. The molecule has 0 aliphatic carbocycles. The number of nitrogens with one attached hydrogen (secondary N) is 1. The molecule has 2 amide bonds. The fourth-order valence-corrected chi connectivity index (χ4v) is 3.86. The molecule has 2 aromatic carbocycles. The van der Waals surface area contributed by atoms with E-state index >= 15 is 0 Å². The van der Waals surface area contributed by atoms with Crippen LogP contribution >= 0.6 is 0 Å². The maximum Gasteiger partial charge on any atom is 0.407 e. The zero-order valence-corrected chi connectivity index (χ0v) is 20.9. The number of benzene rings is 2. The Morgan fingerprint density at radius 1 is 1.06 bits per heavy atom. The summed E-state index contributed by atoms with van der Waals surface area (Å²) in [5.74, 6) is 0.00995. The first-order valence-electron chi connectivity index (χ1n) is 11.6. The first-order valence-corrected chi connectivity index (χ1v) is 11.6.